The van der Waals surface area contributed by atoms with Gasteiger partial charge in [0.05, 0.1) is 7.11 Å². The van der Waals surface area contributed by atoms with Crippen molar-refractivity contribution in [3.05, 3.63) is 58.6 Å². The number of nitrogens with one attached hydrogen (secondary N) is 2. The standard InChI is InChI=1S/C18H20ClF2N3O2/c1-22-18(23-10-12-4-3-5-14(19)8-12)24-11-13-6-7-15(25-2)16(9-13)26-17(20)21/h3-9,17H,10-11H2,1-2H3,(H2,22,23,24). The van der Waals surface area contributed by atoms with Crippen LogP contribution in [0.3, 0.4) is 0 Å². The highest BCUT2D eigenvalue weighted by Crippen LogP contribution is 2.29. The van der Waals surface area contributed by atoms with Crippen molar-refractivity contribution in [1.29, 1.82) is 0 Å². The Hall–Kier alpha value is -2.54. The summed E-state index contributed by atoms with van der Waals surface area (Å²) < 4.78 is 34.5. The first-order valence-electron chi connectivity index (χ1n) is 7.82. The Labute approximate surface area is 156 Å². The molecule has 2 rings (SSSR count). The van der Waals surface area contributed by atoms with Crippen LogP contribution < -0.4 is 20.1 Å². The number of halogens is 3. The number of aliphatic imine (C=N–C) groups is 1. The molecule has 0 spiro atoms. The summed E-state index contributed by atoms with van der Waals surface area (Å²) in [6.07, 6.45) is 0. The van der Waals surface area contributed by atoms with E-state index in [9.17, 15) is 8.78 Å². The Balaban J connectivity index is 1.95. The van der Waals surface area contributed by atoms with E-state index in [0.29, 0.717) is 24.1 Å². The van der Waals surface area contributed by atoms with Gasteiger partial charge in [-0.3, -0.25) is 4.99 Å². The molecule has 0 atom stereocenters. The molecule has 0 heterocycles. The zero-order valence-corrected chi connectivity index (χ0v) is 15.2. The molecule has 2 aromatic carbocycles. The number of hydrogen-bond acceptors (Lipinski definition) is 3. The molecule has 8 heteroatoms. The van der Waals surface area contributed by atoms with Crippen LogP contribution in [0, 0.1) is 0 Å². The molecule has 0 saturated heterocycles. The van der Waals surface area contributed by atoms with Gasteiger partial charge in [-0.15, -0.1) is 0 Å². The summed E-state index contributed by atoms with van der Waals surface area (Å²) in [6.45, 7) is -2.00. The van der Waals surface area contributed by atoms with E-state index < -0.39 is 6.61 Å². The minimum absolute atomic E-state index is 0.0105. The molecular weight excluding hydrogens is 364 g/mol. The van der Waals surface area contributed by atoms with Crippen molar-refractivity contribution in [2.24, 2.45) is 4.99 Å². The molecule has 0 aliphatic heterocycles. The number of alkyl halides is 2. The summed E-state index contributed by atoms with van der Waals surface area (Å²) in [5.74, 6) is 0.804. The predicted molar refractivity (Wildman–Crippen MR) is 98.1 cm³/mol. The molecule has 0 aliphatic rings. The van der Waals surface area contributed by atoms with Crippen molar-refractivity contribution in [2.75, 3.05) is 14.2 Å². The van der Waals surface area contributed by atoms with Crippen LogP contribution in [-0.2, 0) is 13.1 Å². The zero-order chi connectivity index (χ0) is 18.9. The van der Waals surface area contributed by atoms with E-state index in [0.717, 1.165) is 11.1 Å². The van der Waals surface area contributed by atoms with E-state index in [1.165, 1.54) is 13.2 Å². The lowest BCUT2D eigenvalue weighted by Gasteiger charge is -2.14. The third-order valence-electron chi connectivity index (χ3n) is 3.48. The minimum atomic E-state index is -2.92. The van der Waals surface area contributed by atoms with Crippen LogP contribution in [0.25, 0.3) is 0 Å². The van der Waals surface area contributed by atoms with Gasteiger partial charge in [0.1, 0.15) is 0 Å². The fourth-order valence-electron chi connectivity index (χ4n) is 2.26. The Kier molecular flexibility index (Phi) is 7.47. The quantitative estimate of drug-likeness (QED) is 0.564. The first-order valence-corrected chi connectivity index (χ1v) is 8.20. The summed E-state index contributed by atoms with van der Waals surface area (Å²) in [5, 5.41) is 6.93. The first-order chi connectivity index (χ1) is 12.5. The highest BCUT2D eigenvalue weighted by Gasteiger charge is 2.11. The number of ether oxygens (including phenoxy) is 2. The monoisotopic (exact) mass is 383 g/mol. The summed E-state index contributed by atoms with van der Waals surface area (Å²) in [4.78, 5) is 4.13. The Morgan fingerprint density at radius 2 is 1.77 bits per heavy atom. The summed E-state index contributed by atoms with van der Waals surface area (Å²) in [7, 11) is 3.04. The molecule has 26 heavy (non-hydrogen) atoms. The van der Waals surface area contributed by atoms with Crippen LogP contribution in [0.4, 0.5) is 8.78 Å². The SMILES string of the molecule is CN=C(NCc1cccc(Cl)c1)NCc1ccc(OC)c(OC(F)F)c1. The number of guanidine groups is 1. The Morgan fingerprint density at radius 3 is 2.35 bits per heavy atom. The van der Waals surface area contributed by atoms with Gasteiger partial charge >= 0.3 is 6.61 Å². The average molecular weight is 384 g/mol. The molecule has 0 aliphatic carbocycles. The van der Waals surface area contributed by atoms with Crippen LogP contribution in [0.15, 0.2) is 47.5 Å². The highest BCUT2D eigenvalue weighted by atomic mass is 35.5. The molecule has 0 aromatic heterocycles. The van der Waals surface area contributed by atoms with Gasteiger partial charge in [0, 0.05) is 25.2 Å². The Morgan fingerprint density at radius 1 is 1.08 bits per heavy atom. The lowest BCUT2D eigenvalue weighted by Crippen LogP contribution is -2.36. The van der Waals surface area contributed by atoms with Gasteiger partial charge in [-0.2, -0.15) is 8.78 Å². The fraction of sp³-hybridized carbons (Fsp3) is 0.278. The largest absolute Gasteiger partial charge is 0.493 e. The number of hydrogen-bond donors (Lipinski definition) is 2. The lowest BCUT2D eigenvalue weighted by molar-refractivity contribution is -0.0512. The minimum Gasteiger partial charge on any atom is -0.493 e. The van der Waals surface area contributed by atoms with Crippen molar-refractivity contribution >= 4 is 17.6 Å². The molecule has 0 radical (unpaired) electrons. The lowest BCUT2D eigenvalue weighted by atomic mass is 10.2. The predicted octanol–water partition coefficient (Wildman–Crippen LogP) is 3.82. The van der Waals surface area contributed by atoms with Crippen molar-refractivity contribution in [2.45, 2.75) is 19.7 Å². The van der Waals surface area contributed by atoms with Gasteiger partial charge in [-0.1, -0.05) is 29.8 Å². The second-order valence-electron chi connectivity index (χ2n) is 5.27. The highest BCUT2D eigenvalue weighted by molar-refractivity contribution is 6.30. The van der Waals surface area contributed by atoms with Gasteiger partial charge in [-0.05, 0) is 35.4 Å². The third-order valence-corrected chi connectivity index (χ3v) is 3.71. The molecule has 0 unspecified atom stereocenters. The average Bonchev–Trinajstić information content (AvgIpc) is 2.61. The van der Waals surface area contributed by atoms with Crippen molar-refractivity contribution in [3.8, 4) is 11.5 Å². The van der Waals surface area contributed by atoms with Crippen LogP contribution in [-0.4, -0.2) is 26.7 Å². The Bertz CT molecular complexity index is 757. The van der Waals surface area contributed by atoms with Gasteiger partial charge < -0.3 is 20.1 Å². The maximum absolute atomic E-state index is 12.5. The number of nitrogens with zero attached hydrogens (tertiary/aromatic N) is 1. The fourth-order valence-corrected chi connectivity index (χ4v) is 2.47. The van der Waals surface area contributed by atoms with Crippen molar-refractivity contribution in [3.63, 3.8) is 0 Å². The molecule has 0 saturated carbocycles. The van der Waals surface area contributed by atoms with E-state index in [2.05, 4.69) is 20.4 Å². The topological polar surface area (TPSA) is 54.9 Å². The summed E-state index contributed by atoms with van der Waals surface area (Å²) >= 11 is 5.96. The number of rotatable bonds is 7. The molecule has 0 bridgehead atoms. The third kappa shape index (κ3) is 6.07. The molecule has 2 aromatic rings. The van der Waals surface area contributed by atoms with Gasteiger partial charge in [-0.25, -0.2) is 0 Å². The first kappa shape index (κ1) is 19.8. The second kappa shape index (κ2) is 9.82. The van der Waals surface area contributed by atoms with E-state index in [1.807, 2.05) is 18.2 Å². The van der Waals surface area contributed by atoms with Crippen LogP contribution in [0.5, 0.6) is 11.5 Å². The van der Waals surface area contributed by atoms with E-state index in [-0.39, 0.29) is 11.5 Å². The van der Waals surface area contributed by atoms with Crippen LogP contribution >= 0.6 is 11.6 Å². The van der Waals surface area contributed by atoms with Crippen LogP contribution in [0.1, 0.15) is 11.1 Å². The molecule has 2 N–H and O–H groups in total. The summed E-state index contributed by atoms with van der Waals surface area (Å²) in [5.41, 5.74) is 1.75. The molecule has 0 amide bonds. The molecule has 0 fully saturated rings. The summed E-state index contributed by atoms with van der Waals surface area (Å²) in [6, 6.07) is 12.3. The van der Waals surface area contributed by atoms with Gasteiger partial charge in [0.15, 0.2) is 17.5 Å². The van der Waals surface area contributed by atoms with E-state index in [4.69, 9.17) is 16.3 Å². The molecular formula is C18H20ClF2N3O2. The number of methoxy groups -OCH3 is 1. The normalized spacial score (nSPS) is 11.4. The van der Waals surface area contributed by atoms with Crippen molar-refractivity contribution in [1.82, 2.24) is 10.6 Å². The molecule has 140 valence electrons. The van der Waals surface area contributed by atoms with Crippen molar-refractivity contribution < 1.29 is 18.3 Å². The smallest absolute Gasteiger partial charge is 0.387 e. The van der Waals surface area contributed by atoms with E-state index >= 15 is 0 Å². The van der Waals surface area contributed by atoms with E-state index in [1.54, 1.807) is 25.2 Å². The maximum Gasteiger partial charge on any atom is 0.387 e. The second-order valence-corrected chi connectivity index (χ2v) is 5.71. The van der Waals surface area contributed by atoms with Gasteiger partial charge in [0.25, 0.3) is 0 Å². The zero-order valence-electron chi connectivity index (χ0n) is 14.4. The molecule has 5 nitrogen and oxygen atoms in total. The number of benzene rings is 2. The van der Waals surface area contributed by atoms with Crippen LogP contribution in [0.2, 0.25) is 5.02 Å². The van der Waals surface area contributed by atoms with Gasteiger partial charge in [0.2, 0.25) is 0 Å². The maximum atomic E-state index is 12.5.